The zero-order valence-corrected chi connectivity index (χ0v) is 6.71. The SMILES string of the molecule is O=[Si]=O.[O]=[AlH].[O]=[Fe]. The van der Waals surface area contributed by atoms with Crippen molar-refractivity contribution in [2.45, 2.75) is 0 Å². The van der Waals surface area contributed by atoms with Crippen molar-refractivity contribution < 1.29 is 32.5 Å². The van der Waals surface area contributed by atoms with Crippen molar-refractivity contribution in [3.63, 3.8) is 0 Å². The summed E-state index contributed by atoms with van der Waals surface area (Å²) < 4.78 is 33.1. The van der Waals surface area contributed by atoms with Crippen LogP contribution in [0.2, 0.25) is 0 Å². The summed E-state index contributed by atoms with van der Waals surface area (Å²) in [5, 5.41) is 0. The van der Waals surface area contributed by atoms with Gasteiger partial charge in [-0.1, -0.05) is 0 Å². The molecule has 0 saturated carbocycles. The maximum absolute atomic E-state index is 8.40. The second kappa shape index (κ2) is 89.7. The maximum atomic E-state index is 8.40. The van der Waals surface area contributed by atoms with E-state index in [1.165, 1.54) is 0 Å². The van der Waals surface area contributed by atoms with Crippen molar-refractivity contribution in [1.29, 1.82) is 0 Å². The summed E-state index contributed by atoms with van der Waals surface area (Å²) >= 11 is 2.61. The summed E-state index contributed by atoms with van der Waals surface area (Å²) in [5.41, 5.74) is 0. The third-order valence-corrected chi connectivity index (χ3v) is 0. The Morgan fingerprint density at radius 2 is 1.14 bits per heavy atom. The Morgan fingerprint density at radius 1 is 1.14 bits per heavy atom. The average molecular weight is 176 g/mol. The van der Waals surface area contributed by atoms with Gasteiger partial charge in [-0.15, -0.1) is 0 Å². The molecule has 4 nitrogen and oxygen atoms in total. The molecule has 0 aliphatic carbocycles. The molecule has 0 aromatic rings. The molecule has 7 heteroatoms. The Bertz CT molecular complexity index is 47.7. The topological polar surface area (TPSA) is 68.3 Å². The molecule has 7 heavy (non-hydrogen) atoms. The Hall–Kier alpha value is 0.469. The molecule has 0 radical (unpaired) electrons. The molecule has 0 amide bonds. The molecule has 0 saturated heterocycles. The zero-order valence-electron chi connectivity index (χ0n) is 3.19. The molecule has 0 atom stereocenters. The van der Waals surface area contributed by atoms with E-state index in [1.807, 2.05) is 15.9 Å². The van der Waals surface area contributed by atoms with E-state index in [-0.39, 0.29) is 0 Å². The van der Waals surface area contributed by atoms with Gasteiger partial charge in [0.15, 0.2) is 0 Å². The van der Waals surface area contributed by atoms with Gasteiger partial charge in [0, 0.05) is 0 Å². The number of hydrogen-bond donors (Lipinski definition) is 0. The van der Waals surface area contributed by atoms with Crippen molar-refractivity contribution in [1.82, 2.24) is 0 Å². The van der Waals surface area contributed by atoms with Crippen LogP contribution in [0, 0.1) is 0 Å². The fourth-order valence-corrected chi connectivity index (χ4v) is 0. The quantitative estimate of drug-likeness (QED) is 0.421. The Balaban J connectivity index is -0.0000000360. The van der Waals surface area contributed by atoms with Crippen LogP contribution in [0.3, 0.4) is 0 Å². The minimum atomic E-state index is -1.42. The van der Waals surface area contributed by atoms with Gasteiger partial charge in [0.1, 0.15) is 0 Å². The molecular formula is HAlFeO4Si. The van der Waals surface area contributed by atoms with Crippen LogP contribution in [0.25, 0.3) is 0 Å². The molecule has 0 unspecified atom stereocenters. The van der Waals surface area contributed by atoms with Gasteiger partial charge >= 0.3 is 49.1 Å². The van der Waals surface area contributed by atoms with Crippen molar-refractivity contribution in [3.05, 3.63) is 0 Å². The van der Waals surface area contributed by atoms with E-state index in [4.69, 9.17) is 16.6 Å². The fourth-order valence-electron chi connectivity index (χ4n) is 0. The van der Waals surface area contributed by atoms with E-state index in [1.54, 1.807) is 0 Å². The first-order valence-corrected chi connectivity index (χ1v) is 2.69. The van der Waals surface area contributed by atoms with Crippen LogP contribution in [-0.4, -0.2) is 25.5 Å². The zero-order chi connectivity index (χ0) is 6.71. The average Bonchev–Trinajstić information content (AvgIpc) is 1.78. The van der Waals surface area contributed by atoms with Crippen molar-refractivity contribution in [3.8, 4) is 0 Å². The van der Waals surface area contributed by atoms with Crippen LogP contribution in [0.15, 0.2) is 0 Å². The minimum absolute atomic E-state index is 0.611. The summed E-state index contributed by atoms with van der Waals surface area (Å²) in [6.45, 7) is 0. The standard InChI is InChI=1S/Al.Fe.O2Si.2O.H/c;;1-3-2;;;. The van der Waals surface area contributed by atoms with E-state index in [0.29, 0.717) is 16.2 Å². The summed E-state index contributed by atoms with van der Waals surface area (Å²) in [5.74, 6) is 0. The molecule has 0 N–H and O–H groups in total. The first kappa shape index (κ1) is 15.7. The van der Waals surface area contributed by atoms with Crippen LogP contribution in [0.4, 0.5) is 0 Å². The molecule has 0 aliphatic heterocycles. The molecule has 0 rings (SSSR count). The predicted octanol–water partition coefficient (Wildman–Crippen LogP) is -1.51. The molecule has 0 aromatic carbocycles. The van der Waals surface area contributed by atoms with Gasteiger partial charge < -0.3 is 0 Å². The molecule has 0 bridgehead atoms. The van der Waals surface area contributed by atoms with Crippen molar-refractivity contribution in [2.24, 2.45) is 0 Å². The number of rotatable bonds is 0. The fraction of sp³-hybridized carbons (Fsp3) is 0. The third-order valence-electron chi connectivity index (χ3n) is 0. The Labute approximate surface area is 58.3 Å². The number of hydrogen-bond acceptors (Lipinski definition) is 4. The summed E-state index contributed by atoms with van der Waals surface area (Å²) in [6.07, 6.45) is 0. The van der Waals surface area contributed by atoms with Crippen LogP contribution >= 0.6 is 0 Å². The Morgan fingerprint density at radius 3 is 1.14 bits per heavy atom. The van der Waals surface area contributed by atoms with Gasteiger partial charge in [-0.05, 0) is 0 Å². The molecule has 0 heterocycles. The molecule has 0 aliphatic rings. The van der Waals surface area contributed by atoms with E-state index in [9.17, 15) is 0 Å². The van der Waals surface area contributed by atoms with E-state index >= 15 is 0 Å². The Kier molecular flexibility index (Phi) is 200. The summed E-state index contributed by atoms with van der Waals surface area (Å²) in [6, 6.07) is 0. The van der Waals surface area contributed by atoms with E-state index in [0.717, 1.165) is 0 Å². The first-order valence-electron chi connectivity index (χ1n) is 0.841. The summed E-state index contributed by atoms with van der Waals surface area (Å²) in [4.78, 5) is 0. The van der Waals surface area contributed by atoms with Crippen LogP contribution in [-0.2, 0) is 32.5 Å². The van der Waals surface area contributed by atoms with E-state index < -0.39 is 9.29 Å². The van der Waals surface area contributed by atoms with Gasteiger partial charge in [0.05, 0.1) is 0 Å². The normalized spacial score (nSPS) is 2.29. The first-order chi connectivity index (χ1) is 3.41. The van der Waals surface area contributed by atoms with Gasteiger partial charge in [0.25, 0.3) is 0 Å². The van der Waals surface area contributed by atoms with Gasteiger partial charge in [-0.3, -0.25) is 8.92 Å². The second-order valence-corrected chi connectivity index (χ2v) is 0.250. The molecule has 0 fully saturated rings. The second-order valence-electron chi connectivity index (χ2n) is 0.0833. The van der Waals surface area contributed by atoms with Crippen LogP contribution in [0.5, 0.6) is 0 Å². The predicted molar refractivity (Wildman–Crippen MR) is 15.6 cm³/mol. The molecule has 0 aromatic heterocycles. The summed E-state index contributed by atoms with van der Waals surface area (Å²) in [7, 11) is -1.42. The molecule has 40 valence electrons. The van der Waals surface area contributed by atoms with E-state index in [2.05, 4.69) is 0 Å². The third kappa shape index (κ3) is 588. The van der Waals surface area contributed by atoms with Gasteiger partial charge in [-0.25, -0.2) is 0 Å². The van der Waals surface area contributed by atoms with Crippen molar-refractivity contribution in [2.75, 3.05) is 0 Å². The molecule has 0 spiro atoms. The van der Waals surface area contributed by atoms with Crippen molar-refractivity contribution >= 4 is 25.5 Å². The molecular weight excluding hydrogens is 175 g/mol. The monoisotopic (exact) mass is 176 g/mol. The van der Waals surface area contributed by atoms with Gasteiger partial charge in [-0.2, -0.15) is 0 Å². The van der Waals surface area contributed by atoms with Crippen LogP contribution in [0.1, 0.15) is 0 Å². The van der Waals surface area contributed by atoms with Crippen LogP contribution < -0.4 is 0 Å². The van der Waals surface area contributed by atoms with Gasteiger partial charge in [0.2, 0.25) is 0 Å².